The Morgan fingerprint density at radius 2 is 1.87 bits per heavy atom. The first-order chi connectivity index (χ1) is 18.2. The van der Waals surface area contributed by atoms with E-state index in [0.29, 0.717) is 39.7 Å². The number of carbonyl (C=O) groups is 1. The Morgan fingerprint density at radius 1 is 1.18 bits per heavy atom. The third kappa shape index (κ3) is 5.89. The summed E-state index contributed by atoms with van der Waals surface area (Å²) in [6.07, 6.45) is 5.82. The van der Waals surface area contributed by atoms with E-state index in [9.17, 15) is 14.9 Å². The van der Waals surface area contributed by atoms with Crippen molar-refractivity contribution in [3.8, 4) is 6.07 Å². The molecule has 0 aliphatic carbocycles. The first-order valence-corrected chi connectivity index (χ1v) is 14.7. The molecule has 1 amide bonds. The molecule has 1 aromatic heterocycles. The molecule has 0 bridgehead atoms. The lowest BCUT2D eigenvalue weighted by atomic mass is 9.90. The average Bonchev–Trinajstić information content (AvgIpc) is 3.17. The molecular weight excluding hydrogens is 512 g/mol. The van der Waals surface area contributed by atoms with E-state index in [2.05, 4.69) is 49.1 Å². The molecule has 0 N–H and O–H groups in total. The number of thioether (sulfide) groups is 1. The summed E-state index contributed by atoms with van der Waals surface area (Å²) in [5, 5.41) is 9.84. The summed E-state index contributed by atoms with van der Waals surface area (Å²) < 4.78 is 2.26. The number of nitriles is 1. The van der Waals surface area contributed by atoms with Crippen molar-refractivity contribution in [3.05, 3.63) is 67.8 Å². The minimum absolute atomic E-state index is 0.0969. The van der Waals surface area contributed by atoms with Crippen LogP contribution >= 0.6 is 24.0 Å². The van der Waals surface area contributed by atoms with E-state index in [0.717, 1.165) is 50.2 Å². The number of thiocarbonyl (C=S) groups is 1. The summed E-state index contributed by atoms with van der Waals surface area (Å²) in [5.74, 6) is 1.75. The third-order valence-electron chi connectivity index (χ3n) is 7.52. The molecule has 4 rings (SSSR count). The molecule has 200 valence electrons. The van der Waals surface area contributed by atoms with Crippen molar-refractivity contribution >= 4 is 46.1 Å². The maximum atomic E-state index is 13.3. The van der Waals surface area contributed by atoms with Crippen molar-refractivity contribution in [1.82, 2.24) is 9.47 Å². The zero-order valence-electron chi connectivity index (χ0n) is 22.7. The summed E-state index contributed by atoms with van der Waals surface area (Å²) in [4.78, 5) is 31.1. The Kier molecular flexibility index (Phi) is 9.11. The number of aromatic nitrogens is 1. The SMILES string of the molecule is CCn1c(N2CCC(Cc3ccccc3)CC2)c(C=C2SC(=S)N(CCC(C)C)C2=O)c(C)c(C#N)c1=O. The summed E-state index contributed by atoms with van der Waals surface area (Å²) in [6.45, 7) is 10.7. The minimum atomic E-state index is -0.268. The van der Waals surface area contributed by atoms with Crippen LogP contribution in [-0.2, 0) is 17.8 Å². The lowest BCUT2D eigenvalue weighted by Crippen LogP contribution is -2.39. The van der Waals surface area contributed by atoms with E-state index in [1.165, 1.54) is 17.3 Å². The maximum Gasteiger partial charge on any atom is 0.270 e. The van der Waals surface area contributed by atoms with Gasteiger partial charge in [-0.3, -0.25) is 19.1 Å². The highest BCUT2D eigenvalue weighted by atomic mass is 32.2. The van der Waals surface area contributed by atoms with Gasteiger partial charge in [0.1, 0.15) is 21.8 Å². The Morgan fingerprint density at radius 3 is 2.47 bits per heavy atom. The van der Waals surface area contributed by atoms with Crippen LogP contribution in [0.3, 0.4) is 0 Å². The zero-order chi connectivity index (χ0) is 27.4. The fourth-order valence-electron chi connectivity index (χ4n) is 5.29. The molecule has 0 unspecified atom stereocenters. The number of amides is 1. The van der Waals surface area contributed by atoms with Gasteiger partial charge in [0.25, 0.3) is 11.5 Å². The number of piperidine rings is 1. The number of pyridine rings is 1. The second-order valence-corrected chi connectivity index (χ2v) is 12.2. The predicted molar refractivity (Wildman–Crippen MR) is 160 cm³/mol. The topological polar surface area (TPSA) is 69.3 Å². The Labute approximate surface area is 235 Å². The van der Waals surface area contributed by atoms with Crippen molar-refractivity contribution in [2.24, 2.45) is 11.8 Å². The molecule has 1 aromatic carbocycles. The van der Waals surface area contributed by atoms with E-state index in [-0.39, 0.29) is 17.0 Å². The van der Waals surface area contributed by atoms with E-state index in [1.54, 1.807) is 9.47 Å². The van der Waals surface area contributed by atoms with Gasteiger partial charge in [0, 0.05) is 31.7 Å². The molecule has 0 spiro atoms. The van der Waals surface area contributed by atoms with Gasteiger partial charge < -0.3 is 4.90 Å². The van der Waals surface area contributed by atoms with E-state index < -0.39 is 0 Å². The average molecular weight is 549 g/mol. The molecule has 2 aliphatic rings. The number of hydrogen-bond acceptors (Lipinski definition) is 6. The predicted octanol–water partition coefficient (Wildman–Crippen LogP) is 5.75. The largest absolute Gasteiger partial charge is 0.357 e. The van der Waals surface area contributed by atoms with Gasteiger partial charge in [-0.25, -0.2) is 0 Å². The molecule has 2 aromatic rings. The van der Waals surface area contributed by atoms with Gasteiger partial charge in [0.05, 0.1) is 4.91 Å². The molecule has 0 radical (unpaired) electrons. The van der Waals surface area contributed by atoms with Gasteiger partial charge in [-0.15, -0.1) is 0 Å². The molecule has 2 saturated heterocycles. The van der Waals surface area contributed by atoms with E-state index in [1.807, 2.05) is 26.0 Å². The zero-order valence-corrected chi connectivity index (χ0v) is 24.3. The van der Waals surface area contributed by atoms with Crippen LogP contribution in [0, 0.1) is 30.1 Å². The highest BCUT2D eigenvalue weighted by Gasteiger charge is 2.33. The van der Waals surface area contributed by atoms with Crippen LogP contribution in [0.5, 0.6) is 0 Å². The lowest BCUT2D eigenvalue weighted by molar-refractivity contribution is -0.122. The summed E-state index contributed by atoms with van der Waals surface area (Å²) in [6, 6.07) is 12.7. The standard InChI is InChI=1S/C30H36N4O2S2/c1-5-33-27(32-14-12-23(13-15-32)17-22-9-7-6-8-10-22)24(21(4)25(19-31)28(33)35)18-26-29(36)34(30(37)38-26)16-11-20(2)3/h6-10,18,20,23H,5,11-17H2,1-4H3. The number of hydrogen-bond donors (Lipinski definition) is 0. The number of benzene rings is 1. The number of nitrogens with zero attached hydrogens (tertiary/aromatic N) is 4. The third-order valence-corrected chi connectivity index (χ3v) is 8.90. The van der Waals surface area contributed by atoms with Crippen molar-refractivity contribution < 1.29 is 4.79 Å². The minimum Gasteiger partial charge on any atom is -0.357 e. The second-order valence-electron chi connectivity index (χ2n) is 10.5. The molecule has 8 heteroatoms. The van der Waals surface area contributed by atoms with Crippen LogP contribution in [-0.4, -0.2) is 39.3 Å². The normalized spacial score (nSPS) is 17.6. The molecule has 0 atom stereocenters. The molecule has 38 heavy (non-hydrogen) atoms. The summed E-state index contributed by atoms with van der Waals surface area (Å²) >= 11 is 6.85. The molecule has 0 saturated carbocycles. The molecule has 2 fully saturated rings. The van der Waals surface area contributed by atoms with Crippen molar-refractivity contribution in [1.29, 1.82) is 5.26 Å². The molecule has 6 nitrogen and oxygen atoms in total. The van der Waals surface area contributed by atoms with Gasteiger partial charge in [0.15, 0.2) is 0 Å². The lowest BCUT2D eigenvalue weighted by Gasteiger charge is -2.36. The van der Waals surface area contributed by atoms with Gasteiger partial charge in [-0.1, -0.05) is 68.2 Å². The van der Waals surface area contributed by atoms with Crippen LogP contribution < -0.4 is 10.5 Å². The van der Waals surface area contributed by atoms with Gasteiger partial charge in [-0.05, 0) is 68.6 Å². The van der Waals surface area contributed by atoms with Crippen molar-refractivity contribution in [2.75, 3.05) is 24.5 Å². The van der Waals surface area contributed by atoms with Crippen LogP contribution in [0.15, 0.2) is 40.0 Å². The van der Waals surface area contributed by atoms with Crippen molar-refractivity contribution in [2.45, 2.75) is 59.9 Å². The Bertz CT molecular complexity index is 1330. The van der Waals surface area contributed by atoms with Crippen LogP contribution in [0.1, 0.15) is 62.3 Å². The van der Waals surface area contributed by atoms with Crippen molar-refractivity contribution in [3.63, 3.8) is 0 Å². The van der Waals surface area contributed by atoms with Gasteiger partial charge >= 0.3 is 0 Å². The molecule has 3 heterocycles. The molecular formula is C30H36N4O2S2. The van der Waals surface area contributed by atoms with Crippen LogP contribution in [0.2, 0.25) is 0 Å². The van der Waals surface area contributed by atoms with Crippen LogP contribution in [0.4, 0.5) is 5.82 Å². The highest BCUT2D eigenvalue weighted by molar-refractivity contribution is 8.26. The molecule has 2 aliphatic heterocycles. The summed E-state index contributed by atoms with van der Waals surface area (Å²) in [7, 11) is 0. The first kappa shape index (κ1) is 28.1. The summed E-state index contributed by atoms with van der Waals surface area (Å²) in [5.41, 5.74) is 2.61. The Balaban J connectivity index is 1.69. The van der Waals surface area contributed by atoms with E-state index in [4.69, 9.17) is 12.2 Å². The fourth-order valence-corrected chi connectivity index (χ4v) is 6.58. The van der Waals surface area contributed by atoms with Gasteiger partial charge in [-0.2, -0.15) is 5.26 Å². The monoisotopic (exact) mass is 548 g/mol. The number of rotatable bonds is 8. The number of anilines is 1. The Hall–Kier alpha value is -2.89. The van der Waals surface area contributed by atoms with E-state index >= 15 is 0 Å². The van der Waals surface area contributed by atoms with Gasteiger partial charge in [0.2, 0.25) is 0 Å². The maximum absolute atomic E-state index is 13.3. The smallest absolute Gasteiger partial charge is 0.270 e. The highest BCUT2D eigenvalue weighted by Crippen LogP contribution is 2.37. The fraction of sp³-hybridized carbons (Fsp3) is 0.467. The number of carbonyl (C=O) groups excluding carboxylic acids is 1. The first-order valence-electron chi connectivity index (χ1n) is 13.5. The quantitative estimate of drug-likeness (QED) is 0.309. The van der Waals surface area contributed by atoms with Crippen LogP contribution in [0.25, 0.3) is 6.08 Å². The second kappa shape index (κ2) is 12.3.